The first-order valence-electron chi connectivity index (χ1n) is 5.99. The molecule has 5 heteroatoms. The van der Waals surface area contributed by atoms with Gasteiger partial charge in [-0.1, -0.05) is 21.9 Å². The van der Waals surface area contributed by atoms with E-state index in [1.54, 1.807) is 0 Å². The number of benzene rings is 1. The van der Waals surface area contributed by atoms with Gasteiger partial charge in [-0.05, 0) is 23.8 Å². The molecule has 0 saturated carbocycles. The summed E-state index contributed by atoms with van der Waals surface area (Å²) in [6, 6.07) is 5.82. The van der Waals surface area contributed by atoms with Crippen molar-refractivity contribution in [1.82, 2.24) is 0 Å². The Morgan fingerprint density at radius 1 is 1.26 bits per heavy atom. The molecule has 0 amide bonds. The van der Waals surface area contributed by atoms with Gasteiger partial charge in [-0.3, -0.25) is 0 Å². The number of nitrogens with zero attached hydrogens (tertiary/aromatic N) is 1. The highest BCUT2D eigenvalue weighted by atomic mass is 79.9. The van der Waals surface area contributed by atoms with Gasteiger partial charge in [-0.2, -0.15) is 0 Å². The highest BCUT2D eigenvalue weighted by Crippen LogP contribution is 2.24. The van der Waals surface area contributed by atoms with Crippen molar-refractivity contribution in [2.45, 2.75) is 6.61 Å². The maximum absolute atomic E-state index is 9.04. The Kier molecular flexibility index (Phi) is 7.53. The van der Waals surface area contributed by atoms with Crippen molar-refractivity contribution in [2.75, 3.05) is 37.8 Å². The van der Waals surface area contributed by atoms with Crippen molar-refractivity contribution < 1.29 is 14.9 Å². The van der Waals surface area contributed by atoms with Gasteiger partial charge in [0.2, 0.25) is 0 Å². The molecule has 0 heterocycles. The van der Waals surface area contributed by atoms with Gasteiger partial charge >= 0.3 is 0 Å². The number of anilines is 1. The monoisotopic (exact) mass is 327 g/mol. The minimum atomic E-state index is 0.0407. The Hall–Kier alpha value is -1.06. The predicted octanol–water partition coefficient (Wildman–Crippen LogP) is 1.39. The van der Waals surface area contributed by atoms with Crippen molar-refractivity contribution >= 4 is 21.6 Å². The third kappa shape index (κ3) is 5.21. The minimum Gasteiger partial charge on any atom is -0.395 e. The molecule has 0 aliphatic carbocycles. The fraction of sp³-hybridized carbons (Fsp3) is 0.429. The van der Waals surface area contributed by atoms with Crippen LogP contribution in [0.25, 0.3) is 0 Å². The van der Waals surface area contributed by atoms with Gasteiger partial charge < -0.3 is 19.8 Å². The molecule has 0 spiro atoms. The van der Waals surface area contributed by atoms with Crippen LogP contribution in [0.4, 0.5) is 5.69 Å². The molecule has 1 aromatic carbocycles. The van der Waals surface area contributed by atoms with Crippen molar-refractivity contribution in [3.8, 4) is 12.3 Å². The first-order valence-corrected chi connectivity index (χ1v) is 6.78. The Balaban J connectivity index is 2.83. The summed E-state index contributed by atoms with van der Waals surface area (Å²) in [5.41, 5.74) is 1.92. The molecule has 2 N–H and O–H groups in total. The average Bonchev–Trinajstić information content (AvgIpc) is 2.41. The van der Waals surface area contributed by atoms with Crippen molar-refractivity contribution in [1.29, 1.82) is 0 Å². The zero-order valence-electron chi connectivity index (χ0n) is 10.7. The second-order valence-electron chi connectivity index (χ2n) is 3.91. The van der Waals surface area contributed by atoms with Crippen molar-refractivity contribution in [3.05, 3.63) is 28.2 Å². The van der Waals surface area contributed by atoms with E-state index in [0.717, 1.165) is 15.7 Å². The summed E-state index contributed by atoms with van der Waals surface area (Å²) < 4.78 is 6.27. The Labute approximate surface area is 122 Å². The molecule has 0 aliphatic rings. The number of ether oxygens (including phenoxy) is 1. The standard InChI is InChI=1S/C14H18BrNO3/c1-2-9-19-11-12-10-13(3-4-14(12)15)16(5-7-17)6-8-18/h1,3-4,10,17-18H,5-9,11H2. The average molecular weight is 328 g/mol. The normalized spacial score (nSPS) is 10.2. The highest BCUT2D eigenvalue weighted by Gasteiger charge is 2.08. The van der Waals surface area contributed by atoms with Crippen LogP contribution in [0.15, 0.2) is 22.7 Å². The SMILES string of the molecule is C#CCOCc1cc(N(CCO)CCO)ccc1Br. The molecule has 0 atom stereocenters. The summed E-state index contributed by atoms with van der Waals surface area (Å²) in [4.78, 5) is 1.91. The molecular formula is C14H18BrNO3. The first kappa shape index (κ1) is 16.0. The lowest BCUT2D eigenvalue weighted by atomic mass is 10.2. The minimum absolute atomic E-state index is 0.0407. The van der Waals surface area contributed by atoms with Crippen molar-refractivity contribution in [2.24, 2.45) is 0 Å². The largest absolute Gasteiger partial charge is 0.395 e. The molecular weight excluding hydrogens is 310 g/mol. The molecule has 19 heavy (non-hydrogen) atoms. The quantitative estimate of drug-likeness (QED) is 0.559. The molecule has 0 aromatic heterocycles. The Morgan fingerprint density at radius 3 is 2.53 bits per heavy atom. The van der Waals surface area contributed by atoms with Crippen LogP contribution >= 0.6 is 15.9 Å². The lowest BCUT2D eigenvalue weighted by Crippen LogP contribution is -2.29. The van der Waals surface area contributed by atoms with Gasteiger partial charge in [0.05, 0.1) is 19.8 Å². The van der Waals surface area contributed by atoms with Gasteiger partial charge in [-0.15, -0.1) is 6.42 Å². The fourth-order valence-corrected chi connectivity index (χ4v) is 2.06. The van der Waals surface area contributed by atoms with Gasteiger partial charge in [0.1, 0.15) is 6.61 Å². The summed E-state index contributed by atoms with van der Waals surface area (Å²) >= 11 is 3.46. The van der Waals surface area contributed by atoms with Crippen LogP contribution < -0.4 is 4.90 Å². The number of hydrogen-bond donors (Lipinski definition) is 2. The lowest BCUT2D eigenvalue weighted by Gasteiger charge is -2.23. The van der Waals surface area contributed by atoms with E-state index >= 15 is 0 Å². The smallest absolute Gasteiger partial charge is 0.107 e. The molecule has 0 aliphatic heterocycles. The summed E-state index contributed by atoms with van der Waals surface area (Å²) in [5, 5.41) is 18.1. The second kappa shape index (κ2) is 8.94. The fourth-order valence-electron chi connectivity index (χ4n) is 1.70. The van der Waals surface area contributed by atoms with E-state index in [1.807, 2.05) is 23.1 Å². The van der Waals surface area contributed by atoms with Gasteiger partial charge in [-0.25, -0.2) is 0 Å². The third-order valence-electron chi connectivity index (χ3n) is 2.58. The van der Waals surface area contributed by atoms with E-state index in [-0.39, 0.29) is 19.8 Å². The van der Waals surface area contributed by atoms with E-state index < -0.39 is 0 Å². The number of terminal acetylenes is 1. The third-order valence-corrected chi connectivity index (χ3v) is 3.35. The molecule has 104 valence electrons. The van der Waals surface area contributed by atoms with E-state index in [2.05, 4.69) is 21.9 Å². The van der Waals surface area contributed by atoms with Crippen LogP contribution in [-0.4, -0.2) is 43.1 Å². The molecule has 4 nitrogen and oxygen atoms in total. The van der Waals surface area contributed by atoms with Crippen LogP contribution in [0, 0.1) is 12.3 Å². The molecule has 0 radical (unpaired) electrons. The van der Waals surface area contributed by atoms with Crippen molar-refractivity contribution in [3.63, 3.8) is 0 Å². The maximum Gasteiger partial charge on any atom is 0.107 e. The summed E-state index contributed by atoms with van der Waals surface area (Å²) in [6.07, 6.45) is 5.14. The topological polar surface area (TPSA) is 52.9 Å². The van der Waals surface area contributed by atoms with Gasteiger partial charge in [0.25, 0.3) is 0 Å². The van der Waals surface area contributed by atoms with Crippen LogP contribution in [0.5, 0.6) is 0 Å². The zero-order valence-corrected chi connectivity index (χ0v) is 12.3. The first-order chi connectivity index (χ1) is 9.22. The molecule has 0 saturated heterocycles. The Morgan fingerprint density at radius 2 is 1.95 bits per heavy atom. The predicted molar refractivity (Wildman–Crippen MR) is 79.0 cm³/mol. The number of halogens is 1. The van der Waals surface area contributed by atoms with E-state index in [0.29, 0.717) is 19.7 Å². The number of rotatable bonds is 8. The molecule has 1 rings (SSSR count). The molecule has 1 aromatic rings. The van der Waals surface area contributed by atoms with E-state index in [1.165, 1.54) is 0 Å². The number of aliphatic hydroxyl groups excluding tert-OH is 2. The van der Waals surface area contributed by atoms with Crippen LogP contribution in [-0.2, 0) is 11.3 Å². The van der Waals surface area contributed by atoms with Crippen LogP contribution in [0.1, 0.15) is 5.56 Å². The highest BCUT2D eigenvalue weighted by molar-refractivity contribution is 9.10. The number of aliphatic hydroxyl groups is 2. The molecule has 0 fully saturated rings. The summed E-state index contributed by atoms with van der Waals surface area (Å²) in [6.45, 7) is 1.73. The molecule has 0 unspecified atom stereocenters. The van der Waals surface area contributed by atoms with E-state index in [4.69, 9.17) is 21.4 Å². The molecule has 0 bridgehead atoms. The Bertz CT molecular complexity index is 425. The summed E-state index contributed by atoms with van der Waals surface area (Å²) in [5.74, 6) is 2.42. The zero-order chi connectivity index (χ0) is 14.1. The number of hydrogen-bond acceptors (Lipinski definition) is 4. The van der Waals surface area contributed by atoms with Gasteiger partial charge in [0.15, 0.2) is 0 Å². The maximum atomic E-state index is 9.04. The van der Waals surface area contributed by atoms with Crippen LogP contribution in [0.3, 0.4) is 0 Å². The van der Waals surface area contributed by atoms with Gasteiger partial charge in [0, 0.05) is 23.2 Å². The van der Waals surface area contributed by atoms with E-state index in [9.17, 15) is 0 Å². The second-order valence-corrected chi connectivity index (χ2v) is 4.76. The summed E-state index contributed by atoms with van der Waals surface area (Å²) in [7, 11) is 0. The lowest BCUT2D eigenvalue weighted by molar-refractivity contribution is 0.153. The van der Waals surface area contributed by atoms with Crippen LogP contribution in [0.2, 0.25) is 0 Å².